The second-order valence-corrected chi connectivity index (χ2v) is 7.29. The second kappa shape index (κ2) is 7.01. The van der Waals surface area contributed by atoms with Gasteiger partial charge >= 0.3 is 0 Å². The van der Waals surface area contributed by atoms with Crippen LogP contribution in [0.25, 0.3) is 0 Å². The van der Waals surface area contributed by atoms with E-state index in [-0.39, 0.29) is 6.04 Å². The third-order valence-electron chi connectivity index (χ3n) is 5.33. The quantitative estimate of drug-likeness (QED) is 0.677. The topological polar surface area (TPSA) is 54.3 Å². The van der Waals surface area contributed by atoms with Gasteiger partial charge in [-0.15, -0.1) is 0 Å². The molecule has 1 fully saturated rings. The minimum atomic E-state index is 0.267. The van der Waals surface area contributed by atoms with Gasteiger partial charge in [0.25, 0.3) is 0 Å². The number of ether oxygens (including phenoxy) is 2. The van der Waals surface area contributed by atoms with E-state index in [9.17, 15) is 5.21 Å². The number of nitrogens with zero attached hydrogens (tertiary/aromatic N) is 2. The van der Waals surface area contributed by atoms with Gasteiger partial charge in [-0.3, -0.25) is 4.90 Å². The van der Waals surface area contributed by atoms with Crippen LogP contribution in [0.1, 0.15) is 43.9 Å². The highest BCUT2D eigenvalue weighted by Crippen LogP contribution is 2.42. The van der Waals surface area contributed by atoms with Gasteiger partial charge < -0.3 is 14.7 Å². The molecule has 0 bridgehead atoms. The first kappa shape index (κ1) is 17.1. The van der Waals surface area contributed by atoms with E-state index >= 15 is 0 Å². The predicted molar refractivity (Wildman–Crippen MR) is 94.3 cm³/mol. The molecule has 0 aliphatic carbocycles. The molecule has 0 aromatic heterocycles. The lowest BCUT2D eigenvalue weighted by atomic mass is 9.79. The number of methoxy groups -OCH3 is 2. The molecule has 1 N–H and O–H groups in total. The third kappa shape index (κ3) is 3.09. The predicted octanol–water partition coefficient (Wildman–Crippen LogP) is 3.50. The molecule has 2 aliphatic rings. The first-order chi connectivity index (χ1) is 11.6. The molecule has 2 unspecified atom stereocenters. The minimum Gasteiger partial charge on any atom is -0.493 e. The Morgan fingerprint density at radius 3 is 2.58 bits per heavy atom. The van der Waals surface area contributed by atoms with Crippen LogP contribution in [-0.2, 0) is 6.42 Å². The van der Waals surface area contributed by atoms with Crippen LogP contribution in [0.15, 0.2) is 17.3 Å². The zero-order valence-electron chi connectivity index (χ0n) is 15.1. The molecule has 2 heterocycles. The normalized spacial score (nSPS) is 25.5. The molecule has 5 heteroatoms. The van der Waals surface area contributed by atoms with E-state index in [1.54, 1.807) is 14.2 Å². The molecule has 2 aliphatic heterocycles. The lowest BCUT2D eigenvalue weighted by Crippen LogP contribution is -2.46. The van der Waals surface area contributed by atoms with Gasteiger partial charge in [0.2, 0.25) is 0 Å². The average molecular weight is 332 g/mol. The number of hydrogen-bond donors (Lipinski definition) is 1. The summed E-state index contributed by atoms with van der Waals surface area (Å²) in [7, 11) is 3.35. The molecule has 1 aromatic rings. The van der Waals surface area contributed by atoms with Gasteiger partial charge in [-0.1, -0.05) is 19.0 Å². The Hall–Kier alpha value is -1.75. The fraction of sp³-hybridized carbons (Fsp3) is 0.632. The van der Waals surface area contributed by atoms with Crippen molar-refractivity contribution >= 4 is 5.71 Å². The van der Waals surface area contributed by atoms with Gasteiger partial charge in [-0.2, -0.15) is 0 Å². The molecule has 0 spiro atoms. The summed E-state index contributed by atoms with van der Waals surface area (Å²) in [6, 6.07) is 4.47. The van der Waals surface area contributed by atoms with Gasteiger partial charge in [0.05, 0.1) is 19.9 Å². The summed E-state index contributed by atoms with van der Waals surface area (Å²) in [6.07, 6.45) is 2.88. The van der Waals surface area contributed by atoms with Crippen LogP contribution in [0.2, 0.25) is 0 Å². The van der Waals surface area contributed by atoms with E-state index in [2.05, 4.69) is 36.0 Å². The standard InChI is InChI=1S/C19H28N2O3/c1-12(2)7-14-11-21-6-5-13-8-18(23-3)19(24-4)9-15(13)17(21)10-16(14)20-22/h8-9,12,14,17,22H,5-7,10-11H2,1-4H3. The highest BCUT2D eigenvalue weighted by molar-refractivity contribution is 5.88. The SMILES string of the molecule is COc1cc2c(cc1OC)C1CC(=NO)C(CC(C)C)CN1CC2. The van der Waals surface area contributed by atoms with E-state index in [1.165, 1.54) is 11.1 Å². The highest BCUT2D eigenvalue weighted by Gasteiger charge is 2.37. The van der Waals surface area contributed by atoms with Crippen molar-refractivity contribution in [2.45, 2.75) is 39.2 Å². The number of rotatable bonds is 4. The van der Waals surface area contributed by atoms with Gasteiger partial charge in [-0.25, -0.2) is 0 Å². The van der Waals surface area contributed by atoms with Crippen molar-refractivity contribution in [3.8, 4) is 11.5 Å². The number of fused-ring (bicyclic) bond motifs is 3. The van der Waals surface area contributed by atoms with Crippen molar-refractivity contribution in [2.24, 2.45) is 17.0 Å². The van der Waals surface area contributed by atoms with Crippen molar-refractivity contribution in [3.05, 3.63) is 23.3 Å². The van der Waals surface area contributed by atoms with Crippen molar-refractivity contribution < 1.29 is 14.7 Å². The number of piperidine rings is 1. The van der Waals surface area contributed by atoms with Crippen LogP contribution >= 0.6 is 0 Å². The summed E-state index contributed by atoms with van der Waals surface area (Å²) in [4.78, 5) is 2.54. The Bertz CT molecular complexity index is 627. The summed E-state index contributed by atoms with van der Waals surface area (Å²) in [5.41, 5.74) is 3.53. The molecule has 1 aromatic carbocycles. The fourth-order valence-electron chi connectivity index (χ4n) is 4.19. The van der Waals surface area contributed by atoms with E-state index in [0.29, 0.717) is 11.8 Å². The Morgan fingerprint density at radius 1 is 1.25 bits per heavy atom. The van der Waals surface area contributed by atoms with Crippen LogP contribution in [0.4, 0.5) is 0 Å². The van der Waals surface area contributed by atoms with Crippen molar-refractivity contribution in [1.29, 1.82) is 0 Å². The zero-order chi connectivity index (χ0) is 17.3. The Kier molecular flexibility index (Phi) is 4.99. The summed E-state index contributed by atoms with van der Waals surface area (Å²) in [5, 5.41) is 13.2. The van der Waals surface area contributed by atoms with E-state index in [4.69, 9.17) is 9.47 Å². The lowest BCUT2D eigenvalue weighted by molar-refractivity contribution is 0.143. The second-order valence-electron chi connectivity index (χ2n) is 7.29. The summed E-state index contributed by atoms with van der Waals surface area (Å²) in [5.74, 6) is 2.51. The molecule has 1 saturated heterocycles. The Balaban J connectivity index is 1.92. The fourth-order valence-corrected chi connectivity index (χ4v) is 4.19. The monoisotopic (exact) mass is 332 g/mol. The Labute approximate surface area is 144 Å². The largest absolute Gasteiger partial charge is 0.493 e. The van der Waals surface area contributed by atoms with Gasteiger partial charge in [0.15, 0.2) is 11.5 Å². The maximum absolute atomic E-state index is 9.52. The average Bonchev–Trinajstić information content (AvgIpc) is 2.59. The molecular weight excluding hydrogens is 304 g/mol. The van der Waals surface area contributed by atoms with Crippen LogP contribution < -0.4 is 9.47 Å². The van der Waals surface area contributed by atoms with Crippen LogP contribution in [0.5, 0.6) is 11.5 Å². The molecule has 2 atom stereocenters. The molecule has 5 nitrogen and oxygen atoms in total. The third-order valence-corrected chi connectivity index (χ3v) is 5.33. The van der Waals surface area contributed by atoms with E-state index < -0.39 is 0 Å². The van der Waals surface area contributed by atoms with Crippen LogP contribution in [0.3, 0.4) is 0 Å². The smallest absolute Gasteiger partial charge is 0.161 e. The molecule has 0 amide bonds. The van der Waals surface area contributed by atoms with Crippen LogP contribution in [0, 0.1) is 11.8 Å². The van der Waals surface area contributed by atoms with Gasteiger partial charge in [0, 0.05) is 31.5 Å². The van der Waals surface area contributed by atoms with Crippen LogP contribution in [-0.4, -0.2) is 43.1 Å². The molecule has 3 rings (SSSR count). The first-order valence-corrected chi connectivity index (χ1v) is 8.77. The van der Waals surface area contributed by atoms with Crippen molar-refractivity contribution in [1.82, 2.24) is 4.90 Å². The van der Waals surface area contributed by atoms with E-state index in [1.807, 2.05) is 0 Å². The molecule has 132 valence electrons. The van der Waals surface area contributed by atoms with Crippen molar-refractivity contribution in [2.75, 3.05) is 27.3 Å². The van der Waals surface area contributed by atoms with Gasteiger partial charge in [0.1, 0.15) is 0 Å². The maximum Gasteiger partial charge on any atom is 0.161 e. The van der Waals surface area contributed by atoms with Crippen molar-refractivity contribution in [3.63, 3.8) is 0 Å². The first-order valence-electron chi connectivity index (χ1n) is 8.77. The Morgan fingerprint density at radius 2 is 1.96 bits per heavy atom. The van der Waals surface area contributed by atoms with E-state index in [0.717, 1.165) is 49.6 Å². The number of benzene rings is 1. The summed E-state index contributed by atoms with van der Waals surface area (Å²) < 4.78 is 10.9. The number of hydrogen-bond acceptors (Lipinski definition) is 5. The summed E-state index contributed by atoms with van der Waals surface area (Å²) >= 11 is 0. The lowest BCUT2D eigenvalue weighted by Gasteiger charge is -2.44. The number of oxime groups is 1. The minimum absolute atomic E-state index is 0.267. The molecule has 0 radical (unpaired) electrons. The zero-order valence-corrected chi connectivity index (χ0v) is 15.1. The highest BCUT2D eigenvalue weighted by atomic mass is 16.5. The summed E-state index contributed by atoms with van der Waals surface area (Å²) in [6.45, 7) is 6.46. The van der Waals surface area contributed by atoms with Gasteiger partial charge in [-0.05, 0) is 42.0 Å². The maximum atomic E-state index is 9.52. The molecular formula is C19H28N2O3. The molecule has 0 saturated carbocycles. The molecule has 24 heavy (non-hydrogen) atoms.